The number of H-pyrrole nitrogens is 1. The summed E-state index contributed by atoms with van der Waals surface area (Å²) >= 11 is 6.03. The van der Waals surface area contributed by atoms with Crippen LogP contribution in [0.2, 0.25) is 5.02 Å². The molecular weight excluding hydrogens is 372 g/mol. The minimum Gasteiger partial charge on any atom is -0.348 e. The Hall–Kier alpha value is -2.63. The quantitative estimate of drug-likeness (QED) is 0.684. The van der Waals surface area contributed by atoms with Crippen molar-refractivity contribution in [2.45, 2.75) is 25.4 Å². The van der Waals surface area contributed by atoms with Gasteiger partial charge in [-0.3, -0.25) is 14.8 Å². The average Bonchev–Trinajstić information content (AvgIpc) is 3.21. The van der Waals surface area contributed by atoms with E-state index in [2.05, 4.69) is 44.7 Å². The smallest absolute Gasteiger partial charge is 0.269 e. The number of amides is 1. The largest absolute Gasteiger partial charge is 0.348 e. The maximum atomic E-state index is 12.6. The van der Waals surface area contributed by atoms with E-state index in [0.29, 0.717) is 16.4 Å². The lowest BCUT2D eigenvalue weighted by molar-refractivity contribution is 0.0904. The van der Waals surface area contributed by atoms with E-state index in [-0.39, 0.29) is 11.9 Å². The predicted molar refractivity (Wildman–Crippen MR) is 111 cm³/mol. The molecule has 1 saturated heterocycles. The van der Waals surface area contributed by atoms with Gasteiger partial charge in [0, 0.05) is 36.3 Å². The monoisotopic (exact) mass is 394 g/mol. The van der Waals surface area contributed by atoms with Crippen molar-refractivity contribution in [2.24, 2.45) is 0 Å². The number of nitrogens with one attached hydrogen (secondary N) is 2. The van der Waals surface area contributed by atoms with Gasteiger partial charge in [0.2, 0.25) is 0 Å². The Morgan fingerprint density at radius 1 is 1.11 bits per heavy atom. The van der Waals surface area contributed by atoms with Crippen molar-refractivity contribution in [1.29, 1.82) is 0 Å². The lowest BCUT2D eigenvalue weighted by Gasteiger charge is -2.32. The Labute approximate surface area is 169 Å². The van der Waals surface area contributed by atoms with Crippen LogP contribution in [0.4, 0.5) is 0 Å². The first-order valence-electron chi connectivity index (χ1n) is 9.56. The fourth-order valence-corrected chi connectivity index (χ4v) is 3.76. The number of hydrogen-bond donors (Lipinski definition) is 2. The van der Waals surface area contributed by atoms with Crippen molar-refractivity contribution in [2.75, 3.05) is 13.1 Å². The van der Waals surface area contributed by atoms with E-state index >= 15 is 0 Å². The molecule has 5 nitrogen and oxygen atoms in total. The van der Waals surface area contributed by atoms with Crippen molar-refractivity contribution < 1.29 is 4.79 Å². The molecule has 0 radical (unpaired) electrons. The number of rotatable bonds is 5. The van der Waals surface area contributed by atoms with E-state index in [4.69, 9.17) is 11.6 Å². The number of carbonyl (C=O) groups excluding carboxylic acids is 1. The zero-order valence-electron chi connectivity index (χ0n) is 15.6. The van der Waals surface area contributed by atoms with E-state index < -0.39 is 0 Å². The molecule has 6 heteroatoms. The first-order chi connectivity index (χ1) is 13.7. The summed E-state index contributed by atoms with van der Waals surface area (Å²) in [5, 5.41) is 10.9. The van der Waals surface area contributed by atoms with Crippen LogP contribution in [0.3, 0.4) is 0 Å². The molecule has 2 aromatic carbocycles. The molecule has 0 atom stereocenters. The van der Waals surface area contributed by atoms with Gasteiger partial charge in [0.05, 0.1) is 5.69 Å². The Balaban J connectivity index is 1.30. The molecule has 0 bridgehead atoms. The van der Waals surface area contributed by atoms with Crippen LogP contribution in [0.15, 0.2) is 60.7 Å². The predicted octanol–water partition coefficient (Wildman–Crippen LogP) is 4.12. The van der Waals surface area contributed by atoms with Crippen LogP contribution >= 0.6 is 11.6 Å². The standard InChI is InChI=1S/C22H23ClN4O/c23-18-8-4-7-17(13-18)20-14-21(26-25-20)22(28)24-19-9-11-27(12-10-19)15-16-5-2-1-3-6-16/h1-8,13-14,19H,9-12,15H2,(H,24,28)(H,25,26). The van der Waals surface area contributed by atoms with Crippen molar-refractivity contribution in [3.8, 4) is 11.3 Å². The molecule has 1 aromatic heterocycles. The molecule has 1 aliphatic rings. The highest BCUT2D eigenvalue weighted by molar-refractivity contribution is 6.30. The maximum Gasteiger partial charge on any atom is 0.269 e. The first kappa shape index (κ1) is 18.7. The number of nitrogens with zero attached hydrogens (tertiary/aromatic N) is 2. The van der Waals surface area contributed by atoms with Crippen LogP contribution in [0.5, 0.6) is 0 Å². The number of benzene rings is 2. The number of hydrogen-bond acceptors (Lipinski definition) is 3. The molecule has 3 aromatic rings. The summed E-state index contributed by atoms with van der Waals surface area (Å²) in [4.78, 5) is 15.0. The lowest BCUT2D eigenvalue weighted by Crippen LogP contribution is -2.44. The summed E-state index contributed by atoms with van der Waals surface area (Å²) in [6, 6.07) is 19.9. The van der Waals surface area contributed by atoms with E-state index in [0.717, 1.165) is 38.0 Å². The second kappa shape index (κ2) is 8.59. The number of halogens is 1. The van der Waals surface area contributed by atoms with Crippen molar-refractivity contribution in [3.05, 3.63) is 76.9 Å². The van der Waals surface area contributed by atoms with Crippen LogP contribution in [-0.2, 0) is 6.54 Å². The Bertz CT molecular complexity index is 932. The zero-order chi connectivity index (χ0) is 19.3. The summed E-state index contributed by atoms with van der Waals surface area (Å²) in [7, 11) is 0. The molecule has 0 spiro atoms. The molecule has 2 N–H and O–H groups in total. The number of aromatic amines is 1. The number of aromatic nitrogens is 2. The molecular formula is C22H23ClN4O. The molecule has 4 rings (SSSR count). The third-order valence-corrected chi connectivity index (χ3v) is 5.35. The van der Waals surface area contributed by atoms with Crippen molar-refractivity contribution >= 4 is 17.5 Å². The Morgan fingerprint density at radius 2 is 1.89 bits per heavy atom. The Morgan fingerprint density at radius 3 is 2.64 bits per heavy atom. The minimum atomic E-state index is -0.109. The number of likely N-dealkylation sites (tertiary alicyclic amines) is 1. The van der Waals surface area contributed by atoms with Gasteiger partial charge in [-0.2, -0.15) is 5.10 Å². The van der Waals surface area contributed by atoms with Crippen molar-refractivity contribution in [3.63, 3.8) is 0 Å². The van der Waals surface area contributed by atoms with Gasteiger partial charge in [0.15, 0.2) is 0 Å². The number of piperidine rings is 1. The molecule has 144 valence electrons. The summed E-state index contributed by atoms with van der Waals surface area (Å²) in [6.45, 7) is 2.93. The molecule has 0 aliphatic carbocycles. The normalized spacial score (nSPS) is 15.5. The van der Waals surface area contributed by atoms with Gasteiger partial charge < -0.3 is 5.32 Å². The molecule has 1 aliphatic heterocycles. The van der Waals surface area contributed by atoms with Gasteiger partial charge >= 0.3 is 0 Å². The highest BCUT2D eigenvalue weighted by Crippen LogP contribution is 2.21. The van der Waals surface area contributed by atoms with Gasteiger partial charge in [-0.1, -0.05) is 54.1 Å². The van der Waals surface area contributed by atoms with Crippen LogP contribution < -0.4 is 5.32 Å². The van der Waals surface area contributed by atoms with Gasteiger partial charge in [-0.15, -0.1) is 0 Å². The third-order valence-electron chi connectivity index (χ3n) is 5.11. The second-order valence-corrected chi connectivity index (χ2v) is 7.62. The van der Waals surface area contributed by atoms with Crippen LogP contribution in [-0.4, -0.2) is 40.1 Å². The summed E-state index contributed by atoms with van der Waals surface area (Å²) in [5.41, 5.74) is 3.40. The van der Waals surface area contributed by atoms with E-state index in [1.54, 1.807) is 6.07 Å². The first-order valence-corrected chi connectivity index (χ1v) is 9.94. The van der Waals surface area contributed by atoms with Crippen LogP contribution in [0, 0.1) is 0 Å². The molecule has 2 heterocycles. The third kappa shape index (κ3) is 4.61. The van der Waals surface area contributed by atoms with Gasteiger partial charge in [-0.05, 0) is 36.6 Å². The van der Waals surface area contributed by atoms with E-state index in [9.17, 15) is 4.79 Å². The second-order valence-electron chi connectivity index (χ2n) is 7.19. The fourth-order valence-electron chi connectivity index (χ4n) is 3.57. The van der Waals surface area contributed by atoms with Gasteiger partial charge in [0.1, 0.15) is 5.69 Å². The molecule has 0 unspecified atom stereocenters. The highest BCUT2D eigenvalue weighted by Gasteiger charge is 2.22. The average molecular weight is 395 g/mol. The van der Waals surface area contributed by atoms with E-state index in [1.165, 1.54) is 5.56 Å². The summed E-state index contributed by atoms with van der Waals surface area (Å²) < 4.78 is 0. The summed E-state index contributed by atoms with van der Waals surface area (Å²) in [6.07, 6.45) is 1.90. The Kier molecular flexibility index (Phi) is 5.74. The molecule has 0 saturated carbocycles. The molecule has 1 fully saturated rings. The van der Waals surface area contributed by atoms with Crippen molar-refractivity contribution in [1.82, 2.24) is 20.4 Å². The minimum absolute atomic E-state index is 0.109. The van der Waals surface area contributed by atoms with Gasteiger partial charge in [0.25, 0.3) is 5.91 Å². The number of carbonyl (C=O) groups is 1. The lowest BCUT2D eigenvalue weighted by atomic mass is 10.0. The van der Waals surface area contributed by atoms with Gasteiger partial charge in [-0.25, -0.2) is 0 Å². The highest BCUT2D eigenvalue weighted by atomic mass is 35.5. The zero-order valence-corrected chi connectivity index (χ0v) is 16.3. The van der Waals surface area contributed by atoms with Crippen LogP contribution in [0.1, 0.15) is 28.9 Å². The SMILES string of the molecule is O=C(NC1CCN(Cc2ccccc2)CC1)c1cc(-c2cccc(Cl)c2)n[nH]1. The molecule has 1 amide bonds. The fraction of sp³-hybridized carbons (Fsp3) is 0.273. The van der Waals surface area contributed by atoms with E-state index in [1.807, 2.05) is 30.3 Å². The maximum absolute atomic E-state index is 12.6. The van der Waals surface area contributed by atoms with Crippen LogP contribution in [0.25, 0.3) is 11.3 Å². The molecule has 28 heavy (non-hydrogen) atoms. The summed E-state index contributed by atoms with van der Waals surface area (Å²) in [5.74, 6) is -0.109. The topological polar surface area (TPSA) is 61.0 Å².